The number of aliphatic hydroxyl groups excluding tert-OH is 1. The van der Waals surface area contributed by atoms with Crippen molar-refractivity contribution >= 4 is 39.2 Å². The molecule has 2 heterocycles. The van der Waals surface area contributed by atoms with E-state index in [1.807, 2.05) is 24.3 Å². The lowest BCUT2D eigenvalue weighted by Crippen LogP contribution is -2.50. The summed E-state index contributed by atoms with van der Waals surface area (Å²) in [6.07, 6.45) is 1.28. The number of fused-ring (bicyclic) bond motifs is 1. The molecule has 1 aliphatic heterocycles. The molecular formula is C20H26N4O4S. The number of para-hydroxylation sites is 1. The van der Waals surface area contributed by atoms with Crippen LogP contribution in [0.4, 0.5) is 0 Å². The second-order valence-corrected chi connectivity index (χ2v) is 8.30. The first kappa shape index (κ1) is 21.4. The summed E-state index contributed by atoms with van der Waals surface area (Å²) < 4.78 is 0.907. The van der Waals surface area contributed by atoms with Gasteiger partial charge in [0, 0.05) is 19.9 Å². The molecule has 0 radical (unpaired) electrons. The van der Waals surface area contributed by atoms with Crippen molar-refractivity contribution in [1.29, 1.82) is 0 Å². The van der Waals surface area contributed by atoms with Crippen LogP contribution in [-0.4, -0.2) is 63.9 Å². The Morgan fingerprint density at radius 1 is 1.34 bits per heavy atom. The molecule has 8 nitrogen and oxygen atoms in total. The van der Waals surface area contributed by atoms with Crippen LogP contribution >= 0.6 is 11.3 Å². The van der Waals surface area contributed by atoms with E-state index in [1.165, 1.54) is 23.2 Å². The van der Waals surface area contributed by atoms with Crippen LogP contribution in [0.15, 0.2) is 24.3 Å². The van der Waals surface area contributed by atoms with E-state index in [-0.39, 0.29) is 24.7 Å². The van der Waals surface area contributed by atoms with Gasteiger partial charge in [-0.3, -0.25) is 14.4 Å². The minimum atomic E-state index is -0.775. The Balaban J connectivity index is 1.78. The maximum absolute atomic E-state index is 13.1. The molecule has 1 saturated heterocycles. The fourth-order valence-electron chi connectivity index (χ4n) is 3.57. The molecule has 0 unspecified atom stereocenters. The molecule has 2 amide bonds. The summed E-state index contributed by atoms with van der Waals surface area (Å²) in [6.45, 7) is 1.99. The van der Waals surface area contributed by atoms with Gasteiger partial charge in [0.1, 0.15) is 6.04 Å². The van der Waals surface area contributed by atoms with Crippen molar-refractivity contribution in [2.45, 2.75) is 50.8 Å². The van der Waals surface area contributed by atoms with Gasteiger partial charge in [0.25, 0.3) is 0 Å². The second-order valence-electron chi connectivity index (χ2n) is 7.27. The topological polar surface area (TPSA) is 126 Å². The van der Waals surface area contributed by atoms with E-state index >= 15 is 0 Å². The number of Topliss-reactive ketones (excluding diaryl/α,β-unsaturated/α-hetero) is 1. The van der Waals surface area contributed by atoms with Gasteiger partial charge in [-0.05, 0) is 37.9 Å². The molecule has 1 aliphatic rings. The van der Waals surface area contributed by atoms with E-state index in [4.69, 9.17) is 5.73 Å². The number of carbonyl (C=O) groups is 3. The molecule has 1 aromatic heterocycles. The molecule has 156 valence electrons. The molecule has 0 bridgehead atoms. The van der Waals surface area contributed by atoms with Crippen LogP contribution in [0.2, 0.25) is 0 Å². The van der Waals surface area contributed by atoms with E-state index in [0.29, 0.717) is 24.4 Å². The van der Waals surface area contributed by atoms with Gasteiger partial charge in [0.15, 0.2) is 5.01 Å². The molecule has 0 saturated carbocycles. The van der Waals surface area contributed by atoms with Crippen molar-refractivity contribution < 1.29 is 19.5 Å². The minimum absolute atomic E-state index is 0.122. The van der Waals surface area contributed by atoms with Crippen LogP contribution in [0.1, 0.15) is 42.4 Å². The number of nitrogens with one attached hydrogen (secondary N) is 1. The number of amides is 2. The zero-order chi connectivity index (χ0) is 21.0. The maximum Gasteiger partial charge on any atom is 0.243 e. The Bertz CT molecular complexity index is 866. The van der Waals surface area contributed by atoms with Gasteiger partial charge >= 0.3 is 0 Å². The lowest BCUT2D eigenvalue weighted by molar-refractivity contribution is -0.137. The van der Waals surface area contributed by atoms with Gasteiger partial charge in [-0.25, -0.2) is 4.98 Å². The molecule has 4 N–H and O–H groups in total. The number of carbonyl (C=O) groups excluding carboxylic acids is 3. The number of aromatic nitrogens is 1. The smallest absolute Gasteiger partial charge is 0.243 e. The Kier molecular flexibility index (Phi) is 6.94. The Morgan fingerprint density at radius 2 is 2.10 bits per heavy atom. The highest BCUT2D eigenvalue weighted by molar-refractivity contribution is 7.20. The molecule has 0 aliphatic carbocycles. The quantitative estimate of drug-likeness (QED) is 0.435. The monoisotopic (exact) mass is 418 g/mol. The van der Waals surface area contributed by atoms with Crippen LogP contribution in [0.25, 0.3) is 10.2 Å². The molecule has 1 aromatic carbocycles. The minimum Gasteiger partial charge on any atom is -0.391 e. The standard InChI is InChI=1S/C20H26N4O4S/c1-12(25)24-11-13(26)10-16(24)19(28)22-15(7-4-5-9-21)18(27)20-23-14-6-2-3-8-17(14)29-20/h2-3,6,8,13,15-16,26H,4-5,7,9-11,21H2,1H3,(H,22,28)/t13-,15+,16+/m1/s1. The summed E-state index contributed by atoms with van der Waals surface area (Å²) in [5.74, 6) is -0.952. The number of β-amino-alcohol motifs (C(OH)–C–C–N with tert-alkyl or cyclic N) is 1. The van der Waals surface area contributed by atoms with Crippen LogP contribution in [0, 0.1) is 0 Å². The number of hydrogen-bond donors (Lipinski definition) is 3. The highest BCUT2D eigenvalue weighted by atomic mass is 32.1. The van der Waals surface area contributed by atoms with Crippen molar-refractivity contribution in [3.05, 3.63) is 29.3 Å². The van der Waals surface area contributed by atoms with Gasteiger partial charge in [-0.2, -0.15) is 0 Å². The van der Waals surface area contributed by atoms with Crippen LogP contribution in [-0.2, 0) is 9.59 Å². The first-order valence-electron chi connectivity index (χ1n) is 9.76. The predicted octanol–water partition coefficient (Wildman–Crippen LogP) is 1.07. The lowest BCUT2D eigenvalue weighted by atomic mass is 10.0. The van der Waals surface area contributed by atoms with Gasteiger partial charge in [-0.1, -0.05) is 12.1 Å². The third-order valence-electron chi connectivity index (χ3n) is 5.07. The number of thiazole rings is 1. The maximum atomic E-state index is 13.1. The van der Waals surface area contributed by atoms with Crippen LogP contribution in [0.3, 0.4) is 0 Å². The largest absolute Gasteiger partial charge is 0.391 e. The summed E-state index contributed by atoms with van der Waals surface area (Å²) >= 11 is 1.30. The molecule has 3 rings (SSSR count). The summed E-state index contributed by atoms with van der Waals surface area (Å²) in [5.41, 5.74) is 6.31. The summed E-state index contributed by atoms with van der Waals surface area (Å²) in [6, 6.07) is 5.96. The van der Waals surface area contributed by atoms with Crippen molar-refractivity contribution in [3.8, 4) is 0 Å². The van der Waals surface area contributed by atoms with Crippen LogP contribution in [0.5, 0.6) is 0 Å². The number of rotatable bonds is 8. The van der Waals surface area contributed by atoms with Crippen molar-refractivity contribution in [2.24, 2.45) is 5.73 Å². The highest BCUT2D eigenvalue weighted by Crippen LogP contribution is 2.24. The van der Waals surface area contributed by atoms with E-state index in [1.54, 1.807) is 0 Å². The van der Waals surface area contributed by atoms with E-state index in [0.717, 1.165) is 16.6 Å². The fourth-order valence-corrected chi connectivity index (χ4v) is 4.53. The van der Waals surface area contributed by atoms with Crippen LogP contribution < -0.4 is 11.1 Å². The number of nitrogens with zero attached hydrogens (tertiary/aromatic N) is 2. The Labute approximate surface area is 173 Å². The van der Waals surface area contributed by atoms with Gasteiger partial charge in [0.2, 0.25) is 17.6 Å². The first-order valence-corrected chi connectivity index (χ1v) is 10.6. The summed E-state index contributed by atoms with van der Waals surface area (Å²) in [5, 5.41) is 13.0. The van der Waals surface area contributed by atoms with Crippen molar-refractivity contribution in [1.82, 2.24) is 15.2 Å². The number of likely N-dealkylation sites (tertiary alicyclic amines) is 1. The lowest BCUT2D eigenvalue weighted by Gasteiger charge is -2.24. The molecule has 3 atom stereocenters. The number of nitrogens with two attached hydrogens (primary N) is 1. The van der Waals surface area contributed by atoms with Gasteiger partial charge in [0.05, 0.1) is 22.4 Å². The number of hydrogen-bond acceptors (Lipinski definition) is 7. The van der Waals surface area contributed by atoms with E-state index in [9.17, 15) is 19.5 Å². The summed E-state index contributed by atoms with van der Waals surface area (Å²) in [4.78, 5) is 43.5. The molecule has 29 heavy (non-hydrogen) atoms. The zero-order valence-corrected chi connectivity index (χ0v) is 17.2. The van der Waals surface area contributed by atoms with Gasteiger partial charge in [-0.15, -0.1) is 11.3 Å². The third kappa shape index (κ3) is 4.98. The predicted molar refractivity (Wildman–Crippen MR) is 111 cm³/mol. The molecule has 2 aromatic rings. The fraction of sp³-hybridized carbons (Fsp3) is 0.500. The molecular weight excluding hydrogens is 392 g/mol. The van der Waals surface area contributed by atoms with E-state index in [2.05, 4.69) is 10.3 Å². The number of ketones is 1. The molecule has 0 spiro atoms. The van der Waals surface area contributed by atoms with Crippen molar-refractivity contribution in [2.75, 3.05) is 13.1 Å². The van der Waals surface area contributed by atoms with E-state index < -0.39 is 24.1 Å². The van der Waals surface area contributed by atoms with Gasteiger partial charge < -0.3 is 21.1 Å². The first-order chi connectivity index (χ1) is 13.9. The highest BCUT2D eigenvalue weighted by Gasteiger charge is 2.39. The average molecular weight is 419 g/mol. The molecule has 1 fully saturated rings. The zero-order valence-electron chi connectivity index (χ0n) is 16.3. The Hall–Kier alpha value is -2.36. The number of benzene rings is 1. The molecule has 9 heteroatoms. The SMILES string of the molecule is CC(=O)N1C[C@H](O)C[C@H]1C(=O)N[C@@H](CCCCN)C(=O)c1nc2ccccc2s1. The van der Waals surface area contributed by atoms with Crippen molar-refractivity contribution in [3.63, 3.8) is 0 Å². The Morgan fingerprint density at radius 3 is 2.79 bits per heavy atom. The third-order valence-corrected chi connectivity index (χ3v) is 6.12. The average Bonchev–Trinajstić information content (AvgIpc) is 3.30. The number of aliphatic hydroxyl groups is 1. The normalized spacial score (nSPS) is 20.0. The second kappa shape index (κ2) is 9.43. The summed E-state index contributed by atoms with van der Waals surface area (Å²) in [7, 11) is 0. The number of unbranched alkanes of at least 4 members (excludes halogenated alkanes) is 1.